The zero-order chi connectivity index (χ0) is 21.6. The summed E-state index contributed by atoms with van der Waals surface area (Å²) < 4.78 is 19.8. The van der Waals surface area contributed by atoms with Gasteiger partial charge in [-0.05, 0) is 42.5 Å². The van der Waals surface area contributed by atoms with E-state index in [9.17, 15) is 14.0 Å². The fraction of sp³-hybridized carbons (Fsp3) is 0.292. The number of piperidine rings is 1. The van der Waals surface area contributed by atoms with Crippen LogP contribution in [-0.4, -0.2) is 34.8 Å². The fourth-order valence-electron chi connectivity index (χ4n) is 3.58. The second-order valence-corrected chi connectivity index (χ2v) is 7.58. The molecule has 6 nitrogen and oxygen atoms in total. The van der Waals surface area contributed by atoms with Gasteiger partial charge >= 0.3 is 0 Å². The molecule has 1 atom stereocenters. The molecule has 1 aliphatic rings. The Morgan fingerprint density at radius 3 is 2.45 bits per heavy atom. The highest BCUT2D eigenvalue weighted by Gasteiger charge is 2.22. The number of nitrogens with one attached hydrogen (secondary N) is 1. The molecule has 0 radical (unpaired) electrons. The number of carbonyl (C=O) groups excluding carboxylic acids is 2. The normalized spacial score (nSPS) is 14.8. The Morgan fingerprint density at radius 2 is 1.74 bits per heavy atom. The van der Waals surface area contributed by atoms with Crippen LogP contribution in [-0.2, 0) is 11.3 Å². The van der Waals surface area contributed by atoms with E-state index in [0.717, 1.165) is 43.5 Å². The summed E-state index contributed by atoms with van der Waals surface area (Å²) in [6.07, 6.45) is 2.87. The smallest absolute Gasteiger partial charge is 0.275 e. The summed E-state index contributed by atoms with van der Waals surface area (Å²) >= 11 is 0. The minimum atomic E-state index is -1.70. The minimum absolute atomic E-state index is 0.103. The van der Waals surface area contributed by atoms with Crippen LogP contribution in [0, 0.1) is 0 Å². The number of carbonyl (C=O) groups is 2. The van der Waals surface area contributed by atoms with Crippen molar-refractivity contribution in [2.45, 2.75) is 32.0 Å². The van der Waals surface area contributed by atoms with Gasteiger partial charge in [-0.15, -0.1) is 0 Å². The lowest BCUT2D eigenvalue weighted by Gasteiger charge is -2.25. The molecule has 2 aromatic carbocycles. The number of aromatic nitrogens is 1. The van der Waals surface area contributed by atoms with Gasteiger partial charge in [-0.2, -0.15) is 0 Å². The standard InChI is InChI=1S/C24H24FN3O3/c25-21(18-7-3-1-4-8-18)22(29)26-15-17-9-11-19(12-10-17)23-27-20(16-31-23)24(30)28-13-5-2-6-14-28/h1,3-4,7-12,16,21H,2,5-6,13-15H2,(H,26,29). The predicted molar refractivity (Wildman–Crippen MR) is 114 cm³/mol. The number of nitrogens with zero attached hydrogens (tertiary/aromatic N) is 2. The Morgan fingerprint density at radius 1 is 1.03 bits per heavy atom. The molecule has 4 rings (SSSR count). The van der Waals surface area contributed by atoms with Gasteiger partial charge in [-0.1, -0.05) is 42.5 Å². The first-order valence-corrected chi connectivity index (χ1v) is 10.4. The maximum atomic E-state index is 14.3. The summed E-state index contributed by atoms with van der Waals surface area (Å²) in [6, 6.07) is 15.5. The molecule has 3 aromatic rings. The number of halogens is 1. The van der Waals surface area contributed by atoms with Gasteiger partial charge in [0.05, 0.1) is 0 Å². The number of rotatable bonds is 6. The van der Waals surface area contributed by atoms with Gasteiger partial charge in [0.1, 0.15) is 6.26 Å². The predicted octanol–water partition coefficient (Wildman–Crippen LogP) is 4.29. The molecule has 1 N–H and O–H groups in total. The van der Waals surface area contributed by atoms with Gasteiger partial charge in [0.15, 0.2) is 5.69 Å². The second kappa shape index (κ2) is 9.55. The van der Waals surface area contributed by atoms with Crippen LogP contribution in [0.1, 0.15) is 47.0 Å². The Bertz CT molecular complexity index is 1030. The Labute approximate surface area is 180 Å². The summed E-state index contributed by atoms with van der Waals surface area (Å²) in [7, 11) is 0. The quantitative estimate of drug-likeness (QED) is 0.644. The molecule has 1 saturated heterocycles. The van der Waals surface area contributed by atoms with Gasteiger partial charge < -0.3 is 14.6 Å². The molecule has 0 aliphatic carbocycles. The topological polar surface area (TPSA) is 75.4 Å². The molecular formula is C24H24FN3O3. The van der Waals surface area contributed by atoms with Crippen molar-refractivity contribution < 1.29 is 18.4 Å². The molecular weight excluding hydrogens is 397 g/mol. The lowest BCUT2D eigenvalue weighted by atomic mass is 10.1. The van der Waals surface area contributed by atoms with Crippen LogP contribution in [0.3, 0.4) is 0 Å². The highest BCUT2D eigenvalue weighted by molar-refractivity contribution is 5.92. The van der Waals surface area contributed by atoms with E-state index in [1.54, 1.807) is 42.5 Å². The molecule has 7 heteroatoms. The lowest BCUT2D eigenvalue weighted by Crippen LogP contribution is -2.35. The van der Waals surface area contributed by atoms with E-state index in [4.69, 9.17) is 4.42 Å². The van der Waals surface area contributed by atoms with Gasteiger partial charge in [-0.3, -0.25) is 9.59 Å². The molecule has 160 valence electrons. The van der Waals surface area contributed by atoms with Crippen molar-refractivity contribution in [3.63, 3.8) is 0 Å². The molecule has 1 fully saturated rings. The number of alkyl halides is 1. The summed E-state index contributed by atoms with van der Waals surface area (Å²) in [5.41, 5.74) is 2.17. The third kappa shape index (κ3) is 4.99. The maximum absolute atomic E-state index is 14.3. The fourth-order valence-corrected chi connectivity index (χ4v) is 3.58. The highest BCUT2D eigenvalue weighted by atomic mass is 19.1. The van der Waals surface area contributed by atoms with E-state index >= 15 is 0 Å². The summed E-state index contributed by atoms with van der Waals surface area (Å²) in [5, 5.41) is 2.61. The minimum Gasteiger partial charge on any atom is -0.444 e. The SMILES string of the molecule is O=C(NCc1ccc(-c2nc(C(=O)N3CCCCC3)co2)cc1)C(F)c1ccccc1. The first kappa shape index (κ1) is 20.8. The van der Waals surface area contributed by atoms with Crippen LogP contribution in [0.5, 0.6) is 0 Å². The Balaban J connectivity index is 1.35. The zero-order valence-electron chi connectivity index (χ0n) is 17.1. The number of benzene rings is 2. The van der Waals surface area contributed by atoms with Crippen molar-refractivity contribution in [2.24, 2.45) is 0 Å². The Kier molecular flexibility index (Phi) is 6.40. The summed E-state index contributed by atoms with van der Waals surface area (Å²) in [4.78, 5) is 30.7. The van der Waals surface area contributed by atoms with E-state index < -0.39 is 12.1 Å². The van der Waals surface area contributed by atoms with Gasteiger partial charge in [0, 0.05) is 25.2 Å². The largest absolute Gasteiger partial charge is 0.444 e. The molecule has 1 aliphatic heterocycles. The number of likely N-dealkylation sites (tertiary alicyclic amines) is 1. The van der Waals surface area contributed by atoms with Gasteiger partial charge in [0.25, 0.3) is 11.8 Å². The first-order chi connectivity index (χ1) is 15.1. The molecule has 2 heterocycles. The van der Waals surface area contributed by atoms with Crippen molar-refractivity contribution >= 4 is 11.8 Å². The molecule has 2 amide bonds. The van der Waals surface area contributed by atoms with Crippen molar-refractivity contribution in [3.8, 4) is 11.5 Å². The van der Waals surface area contributed by atoms with Crippen LogP contribution < -0.4 is 5.32 Å². The van der Waals surface area contributed by atoms with Crippen LogP contribution >= 0.6 is 0 Å². The van der Waals surface area contributed by atoms with E-state index in [-0.39, 0.29) is 12.5 Å². The molecule has 0 saturated carbocycles. The van der Waals surface area contributed by atoms with Crippen molar-refractivity contribution in [3.05, 3.63) is 77.7 Å². The van der Waals surface area contributed by atoms with E-state index in [2.05, 4.69) is 10.3 Å². The van der Waals surface area contributed by atoms with Crippen LogP contribution in [0.2, 0.25) is 0 Å². The Hall–Kier alpha value is -3.48. The molecule has 0 bridgehead atoms. The summed E-state index contributed by atoms with van der Waals surface area (Å²) in [5.74, 6) is -0.416. The number of amides is 2. The van der Waals surface area contributed by atoms with Crippen molar-refractivity contribution in [1.29, 1.82) is 0 Å². The highest BCUT2D eigenvalue weighted by Crippen LogP contribution is 2.21. The number of oxazole rings is 1. The average molecular weight is 421 g/mol. The molecule has 31 heavy (non-hydrogen) atoms. The third-order valence-electron chi connectivity index (χ3n) is 5.36. The number of hydrogen-bond donors (Lipinski definition) is 1. The van der Waals surface area contributed by atoms with E-state index in [0.29, 0.717) is 17.1 Å². The first-order valence-electron chi connectivity index (χ1n) is 10.4. The zero-order valence-corrected chi connectivity index (χ0v) is 17.1. The average Bonchev–Trinajstić information content (AvgIpc) is 3.33. The molecule has 0 spiro atoms. The van der Waals surface area contributed by atoms with Gasteiger partial charge in [-0.25, -0.2) is 9.37 Å². The van der Waals surface area contributed by atoms with Crippen LogP contribution in [0.15, 0.2) is 65.3 Å². The van der Waals surface area contributed by atoms with E-state index in [1.165, 1.54) is 6.26 Å². The third-order valence-corrected chi connectivity index (χ3v) is 5.36. The van der Waals surface area contributed by atoms with Crippen molar-refractivity contribution in [1.82, 2.24) is 15.2 Å². The molecule has 1 unspecified atom stereocenters. The van der Waals surface area contributed by atoms with Crippen LogP contribution in [0.4, 0.5) is 4.39 Å². The van der Waals surface area contributed by atoms with E-state index in [1.807, 2.05) is 17.0 Å². The van der Waals surface area contributed by atoms with Crippen LogP contribution in [0.25, 0.3) is 11.5 Å². The van der Waals surface area contributed by atoms with Gasteiger partial charge in [0.2, 0.25) is 12.1 Å². The number of hydrogen-bond acceptors (Lipinski definition) is 4. The molecule has 1 aromatic heterocycles. The second-order valence-electron chi connectivity index (χ2n) is 7.58. The lowest BCUT2D eigenvalue weighted by molar-refractivity contribution is -0.126. The van der Waals surface area contributed by atoms with Crippen molar-refractivity contribution in [2.75, 3.05) is 13.1 Å². The maximum Gasteiger partial charge on any atom is 0.275 e. The monoisotopic (exact) mass is 421 g/mol. The summed E-state index contributed by atoms with van der Waals surface area (Å²) in [6.45, 7) is 1.72.